The summed E-state index contributed by atoms with van der Waals surface area (Å²) in [5.74, 6) is 0.148. The Hall–Kier alpha value is -1.40. The van der Waals surface area contributed by atoms with Crippen LogP contribution < -0.4 is 0 Å². The summed E-state index contributed by atoms with van der Waals surface area (Å²) < 4.78 is 5.47. The zero-order chi connectivity index (χ0) is 13.0. The van der Waals surface area contributed by atoms with Crippen molar-refractivity contribution in [2.75, 3.05) is 0 Å². The molecule has 1 N–H and O–H groups in total. The summed E-state index contributed by atoms with van der Waals surface area (Å²) in [5.41, 5.74) is 0. The number of nitrogens with zero attached hydrogens (tertiary/aromatic N) is 2. The Bertz CT molecular complexity index is 538. The minimum Gasteiger partial charge on any atom is -0.481 e. The van der Waals surface area contributed by atoms with Crippen molar-refractivity contribution >= 4 is 28.9 Å². The maximum Gasteiger partial charge on any atom is 0.303 e. The van der Waals surface area contributed by atoms with Crippen molar-refractivity contribution in [3.05, 3.63) is 22.4 Å². The third-order valence-corrected chi connectivity index (χ3v) is 3.64. The molecular weight excluding hydrogens is 276 g/mol. The van der Waals surface area contributed by atoms with Gasteiger partial charge in [0.1, 0.15) is 4.88 Å². The Balaban J connectivity index is 1.91. The minimum absolute atomic E-state index is 0.164. The lowest BCUT2D eigenvalue weighted by atomic mass is 10.2. The van der Waals surface area contributed by atoms with Crippen LogP contribution in [0.5, 0.6) is 0 Å². The number of carboxylic acids is 1. The van der Waals surface area contributed by atoms with E-state index in [1.165, 1.54) is 11.3 Å². The van der Waals surface area contributed by atoms with E-state index in [4.69, 9.17) is 21.1 Å². The fraction of sp³-hybridized carbons (Fsp3) is 0.364. The molecule has 2 aromatic rings. The van der Waals surface area contributed by atoms with Crippen molar-refractivity contribution in [3.8, 4) is 10.8 Å². The van der Waals surface area contributed by atoms with Gasteiger partial charge in [0.25, 0.3) is 5.89 Å². The molecule has 0 atom stereocenters. The van der Waals surface area contributed by atoms with Gasteiger partial charge < -0.3 is 9.52 Å². The molecule has 7 heteroatoms. The summed E-state index contributed by atoms with van der Waals surface area (Å²) in [7, 11) is 0. The molecule has 0 aliphatic carbocycles. The third kappa shape index (κ3) is 3.30. The van der Waals surface area contributed by atoms with Gasteiger partial charge in [0.05, 0.1) is 5.02 Å². The van der Waals surface area contributed by atoms with E-state index in [0.717, 1.165) is 4.88 Å². The van der Waals surface area contributed by atoms with Crippen molar-refractivity contribution in [2.45, 2.75) is 25.7 Å². The molecule has 0 amide bonds. The van der Waals surface area contributed by atoms with Crippen LogP contribution in [0.4, 0.5) is 0 Å². The first kappa shape index (κ1) is 13.0. The largest absolute Gasteiger partial charge is 0.481 e. The van der Waals surface area contributed by atoms with Crippen molar-refractivity contribution in [2.24, 2.45) is 0 Å². The van der Waals surface area contributed by atoms with Gasteiger partial charge in [-0.2, -0.15) is 0 Å². The zero-order valence-electron chi connectivity index (χ0n) is 9.43. The van der Waals surface area contributed by atoms with E-state index in [9.17, 15) is 4.79 Å². The van der Waals surface area contributed by atoms with Gasteiger partial charge in [0.2, 0.25) is 5.89 Å². The van der Waals surface area contributed by atoms with Crippen molar-refractivity contribution in [3.63, 3.8) is 0 Å². The van der Waals surface area contributed by atoms with Crippen molar-refractivity contribution in [1.82, 2.24) is 10.2 Å². The number of halogens is 1. The first-order valence-corrected chi connectivity index (χ1v) is 6.70. The van der Waals surface area contributed by atoms with Crippen LogP contribution in [0, 0.1) is 0 Å². The summed E-state index contributed by atoms with van der Waals surface area (Å²) >= 11 is 7.40. The molecule has 2 heterocycles. The molecule has 0 fully saturated rings. The molecule has 0 radical (unpaired) electrons. The van der Waals surface area contributed by atoms with Crippen LogP contribution in [0.3, 0.4) is 0 Å². The molecule has 0 bridgehead atoms. The second-order valence-corrected chi connectivity index (χ2v) is 5.02. The molecule has 0 aromatic carbocycles. The third-order valence-electron chi connectivity index (χ3n) is 2.31. The van der Waals surface area contributed by atoms with Crippen LogP contribution >= 0.6 is 22.9 Å². The fourth-order valence-corrected chi connectivity index (χ4v) is 2.50. The number of hydrogen-bond donors (Lipinski definition) is 1. The Labute approximate surface area is 112 Å². The van der Waals surface area contributed by atoms with E-state index in [-0.39, 0.29) is 6.42 Å². The molecule has 0 unspecified atom stereocenters. The highest BCUT2D eigenvalue weighted by Gasteiger charge is 2.13. The van der Waals surface area contributed by atoms with Gasteiger partial charge in [-0.05, 0) is 24.3 Å². The number of rotatable bonds is 6. The molecular formula is C11H11ClN2O3S. The zero-order valence-corrected chi connectivity index (χ0v) is 11.0. The van der Waals surface area contributed by atoms with E-state index >= 15 is 0 Å². The number of aromatic nitrogens is 2. The molecule has 96 valence electrons. The maximum atomic E-state index is 10.3. The van der Waals surface area contributed by atoms with Gasteiger partial charge in [0.15, 0.2) is 0 Å². The monoisotopic (exact) mass is 286 g/mol. The Morgan fingerprint density at radius 1 is 1.44 bits per heavy atom. The molecule has 0 saturated carbocycles. The quantitative estimate of drug-likeness (QED) is 0.825. The van der Waals surface area contributed by atoms with Crippen LogP contribution in [0.1, 0.15) is 25.2 Å². The Morgan fingerprint density at radius 3 is 2.94 bits per heavy atom. The van der Waals surface area contributed by atoms with Crippen LogP contribution in [-0.4, -0.2) is 21.3 Å². The maximum absolute atomic E-state index is 10.3. The highest BCUT2D eigenvalue weighted by molar-refractivity contribution is 7.14. The SMILES string of the molecule is O=C(O)CCCCc1nnc(-c2sccc2Cl)o1. The van der Waals surface area contributed by atoms with Gasteiger partial charge >= 0.3 is 5.97 Å². The lowest BCUT2D eigenvalue weighted by molar-refractivity contribution is -0.137. The Morgan fingerprint density at radius 2 is 2.28 bits per heavy atom. The predicted molar refractivity (Wildman–Crippen MR) is 67.8 cm³/mol. The number of carbonyl (C=O) groups is 1. The van der Waals surface area contributed by atoms with E-state index in [2.05, 4.69) is 10.2 Å². The second-order valence-electron chi connectivity index (χ2n) is 3.70. The first-order valence-electron chi connectivity index (χ1n) is 5.44. The van der Waals surface area contributed by atoms with Gasteiger partial charge in [-0.3, -0.25) is 4.79 Å². The number of unbranched alkanes of at least 4 members (excludes halogenated alkanes) is 1. The van der Waals surface area contributed by atoms with Crippen LogP contribution in [0.2, 0.25) is 5.02 Å². The molecule has 0 aliphatic heterocycles. The standard InChI is InChI=1S/C11H11ClN2O3S/c12-7-5-6-18-10(7)11-14-13-8(17-11)3-1-2-4-9(15)16/h5-6H,1-4H2,(H,15,16). The topological polar surface area (TPSA) is 76.2 Å². The molecule has 2 rings (SSSR count). The normalized spacial score (nSPS) is 10.7. The lowest BCUT2D eigenvalue weighted by Gasteiger charge is -1.94. The molecule has 0 saturated heterocycles. The van der Waals surface area contributed by atoms with Crippen molar-refractivity contribution < 1.29 is 14.3 Å². The van der Waals surface area contributed by atoms with Gasteiger partial charge in [-0.1, -0.05) is 11.6 Å². The molecule has 18 heavy (non-hydrogen) atoms. The minimum atomic E-state index is -0.786. The summed E-state index contributed by atoms with van der Waals surface area (Å²) in [5, 5.41) is 18.8. The highest BCUT2D eigenvalue weighted by Crippen LogP contribution is 2.32. The van der Waals surface area contributed by atoms with E-state index in [1.807, 2.05) is 5.38 Å². The summed E-state index contributed by atoms with van der Waals surface area (Å²) in [6, 6.07) is 1.78. The average molecular weight is 287 g/mol. The average Bonchev–Trinajstić information content (AvgIpc) is 2.92. The second kappa shape index (κ2) is 5.97. The highest BCUT2D eigenvalue weighted by atomic mass is 35.5. The number of aryl methyl sites for hydroxylation is 1. The Kier molecular flexibility index (Phi) is 4.33. The van der Waals surface area contributed by atoms with Crippen LogP contribution in [0.15, 0.2) is 15.9 Å². The predicted octanol–water partition coefficient (Wildman–Crippen LogP) is 3.25. The fourth-order valence-electron chi connectivity index (χ4n) is 1.45. The van der Waals surface area contributed by atoms with E-state index in [0.29, 0.717) is 36.1 Å². The van der Waals surface area contributed by atoms with Gasteiger partial charge in [-0.25, -0.2) is 0 Å². The van der Waals surface area contributed by atoms with E-state index in [1.54, 1.807) is 6.07 Å². The molecule has 0 spiro atoms. The van der Waals surface area contributed by atoms with Gasteiger partial charge in [0, 0.05) is 12.8 Å². The molecule has 5 nitrogen and oxygen atoms in total. The number of thiophene rings is 1. The summed E-state index contributed by atoms with van der Waals surface area (Å²) in [6.07, 6.45) is 2.07. The number of aliphatic carboxylic acids is 1. The van der Waals surface area contributed by atoms with Crippen LogP contribution in [0.25, 0.3) is 10.8 Å². The van der Waals surface area contributed by atoms with E-state index < -0.39 is 5.97 Å². The number of carboxylic acid groups (broad SMARTS) is 1. The lowest BCUT2D eigenvalue weighted by Crippen LogP contribution is -1.95. The van der Waals surface area contributed by atoms with Crippen LogP contribution in [-0.2, 0) is 11.2 Å². The smallest absolute Gasteiger partial charge is 0.303 e. The summed E-state index contributed by atoms with van der Waals surface area (Å²) in [6.45, 7) is 0. The van der Waals surface area contributed by atoms with Crippen molar-refractivity contribution in [1.29, 1.82) is 0 Å². The molecule has 2 aromatic heterocycles. The number of hydrogen-bond acceptors (Lipinski definition) is 5. The summed E-state index contributed by atoms with van der Waals surface area (Å²) in [4.78, 5) is 11.1. The molecule has 0 aliphatic rings. The van der Waals surface area contributed by atoms with Gasteiger partial charge in [-0.15, -0.1) is 21.5 Å². The first-order chi connectivity index (χ1) is 8.66.